The number of carbonyl (C=O) groups excluding carboxylic acids is 2. The van der Waals surface area contributed by atoms with E-state index in [0.29, 0.717) is 22.6 Å². The van der Waals surface area contributed by atoms with E-state index in [9.17, 15) is 9.59 Å². The molecule has 0 radical (unpaired) electrons. The number of rotatable bonds is 2. The summed E-state index contributed by atoms with van der Waals surface area (Å²) < 4.78 is 1.64. The lowest BCUT2D eigenvalue weighted by Crippen LogP contribution is -2.29. The van der Waals surface area contributed by atoms with Crippen molar-refractivity contribution in [1.29, 1.82) is 0 Å². The van der Waals surface area contributed by atoms with Gasteiger partial charge in [-0.1, -0.05) is 12.1 Å². The number of hydrogen-bond donors (Lipinski definition) is 0. The highest BCUT2D eigenvalue weighted by atomic mass is 16.2. The third-order valence-electron chi connectivity index (χ3n) is 3.77. The van der Waals surface area contributed by atoms with Crippen LogP contribution in [0.25, 0.3) is 5.69 Å². The fourth-order valence-corrected chi connectivity index (χ4v) is 2.65. The van der Waals surface area contributed by atoms with Gasteiger partial charge in [0.25, 0.3) is 11.8 Å². The Balaban J connectivity index is 1.70. The van der Waals surface area contributed by atoms with Gasteiger partial charge in [0.1, 0.15) is 12.2 Å². The molecule has 23 heavy (non-hydrogen) atoms. The van der Waals surface area contributed by atoms with Crippen molar-refractivity contribution < 1.29 is 9.59 Å². The third kappa shape index (κ3) is 2.03. The minimum absolute atomic E-state index is 0.296. The molecule has 0 spiro atoms. The Morgan fingerprint density at radius 1 is 0.826 bits per heavy atom. The van der Waals surface area contributed by atoms with E-state index in [1.54, 1.807) is 59.5 Å². The van der Waals surface area contributed by atoms with E-state index < -0.39 is 0 Å². The Kier molecular flexibility index (Phi) is 2.84. The van der Waals surface area contributed by atoms with Crippen LogP contribution in [0.5, 0.6) is 0 Å². The van der Waals surface area contributed by atoms with Crippen LogP contribution in [0.15, 0.2) is 54.9 Å². The largest absolute Gasteiger partial charge is 0.268 e. The number of aryl methyl sites for hydroxylation is 1. The monoisotopic (exact) mass is 304 g/mol. The van der Waals surface area contributed by atoms with E-state index in [4.69, 9.17) is 0 Å². The SMILES string of the molecule is Cc1ncn(-c2ccc(N3C(=O)c4ccccc4C3=O)cc2)n1. The topological polar surface area (TPSA) is 68.1 Å². The Hall–Kier alpha value is -3.28. The zero-order valence-corrected chi connectivity index (χ0v) is 12.3. The molecule has 0 fully saturated rings. The molecule has 1 aromatic heterocycles. The molecule has 2 heterocycles. The van der Waals surface area contributed by atoms with Crippen molar-refractivity contribution in [2.24, 2.45) is 0 Å². The van der Waals surface area contributed by atoms with Gasteiger partial charge in [0.2, 0.25) is 0 Å². The highest BCUT2D eigenvalue weighted by molar-refractivity contribution is 6.34. The number of hydrogen-bond acceptors (Lipinski definition) is 4. The summed E-state index contributed by atoms with van der Waals surface area (Å²) in [6.07, 6.45) is 1.62. The first-order valence-corrected chi connectivity index (χ1v) is 7.12. The molecule has 112 valence electrons. The minimum atomic E-state index is -0.296. The zero-order chi connectivity index (χ0) is 16.0. The number of nitrogens with zero attached hydrogens (tertiary/aromatic N) is 4. The molecule has 0 unspecified atom stereocenters. The summed E-state index contributed by atoms with van der Waals surface area (Å²) >= 11 is 0. The standard InChI is InChI=1S/C17H12N4O2/c1-11-18-10-20(19-11)12-6-8-13(9-7-12)21-16(22)14-4-2-3-5-15(14)17(21)23/h2-10H,1H3. The summed E-state index contributed by atoms with van der Waals surface area (Å²) in [7, 11) is 0. The summed E-state index contributed by atoms with van der Waals surface area (Å²) in [6.45, 7) is 1.81. The van der Waals surface area contributed by atoms with E-state index >= 15 is 0 Å². The van der Waals surface area contributed by atoms with Gasteiger partial charge in [-0.15, -0.1) is 0 Å². The maximum atomic E-state index is 12.4. The molecule has 2 amide bonds. The van der Waals surface area contributed by atoms with Crippen molar-refractivity contribution in [3.63, 3.8) is 0 Å². The molecule has 6 heteroatoms. The Morgan fingerprint density at radius 2 is 1.39 bits per heavy atom. The number of imide groups is 1. The summed E-state index contributed by atoms with van der Waals surface area (Å²) in [6, 6.07) is 13.9. The molecule has 1 aliphatic rings. The second-order valence-corrected chi connectivity index (χ2v) is 5.24. The van der Waals surface area contributed by atoms with Crippen molar-refractivity contribution in [2.75, 3.05) is 4.90 Å². The fraction of sp³-hybridized carbons (Fsp3) is 0.0588. The third-order valence-corrected chi connectivity index (χ3v) is 3.77. The first-order chi connectivity index (χ1) is 11.1. The molecular weight excluding hydrogens is 292 g/mol. The first kappa shape index (κ1) is 13.4. The van der Waals surface area contributed by atoms with Crippen LogP contribution in [0.2, 0.25) is 0 Å². The van der Waals surface area contributed by atoms with Gasteiger partial charge in [0, 0.05) is 0 Å². The molecule has 0 N–H and O–H groups in total. The predicted molar refractivity (Wildman–Crippen MR) is 83.7 cm³/mol. The van der Waals surface area contributed by atoms with Gasteiger partial charge in [-0.2, -0.15) is 5.10 Å². The molecule has 2 aromatic carbocycles. The number of benzene rings is 2. The number of carbonyl (C=O) groups is 2. The van der Waals surface area contributed by atoms with Crippen molar-refractivity contribution in [3.05, 3.63) is 71.8 Å². The highest BCUT2D eigenvalue weighted by Crippen LogP contribution is 2.28. The van der Waals surface area contributed by atoms with Crippen LogP contribution in [0.1, 0.15) is 26.5 Å². The lowest BCUT2D eigenvalue weighted by atomic mass is 10.1. The molecule has 6 nitrogen and oxygen atoms in total. The van der Waals surface area contributed by atoms with E-state index in [1.165, 1.54) is 4.90 Å². The van der Waals surface area contributed by atoms with Gasteiger partial charge in [-0.05, 0) is 43.3 Å². The molecule has 0 aliphatic carbocycles. The molecular formula is C17H12N4O2. The summed E-state index contributed by atoms with van der Waals surface area (Å²) in [5.41, 5.74) is 2.23. The van der Waals surface area contributed by atoms with Gasteiger partial charge in [0.15, 0.2) is 0 Å². The van der Waals surface area contributed by atoms with Gasteiger partial charge in [0.05, 0.1) is 22.5 Å². The summed E-state index contributed by atoms with van der Waals surface area (Å²) in [5, 5.41) is 4.23. The molecule has 0 atom stereocenters. The van der Waals surface area contributed by atoms with Crippen molar-refractivity contribution in [2.45, 2.75) is 6.92 Å². The number of aromatic nitrogens is 3. The number of fused-ring (bicyclic) bond motifs is 1. The van der Waals surface area contributed by atoms with Crippen molar-refractivity contribution in [3.8, 4) is 5.69 Å². The fourth-order valence-electron chi connectivity index (χ4n) is 2.65. The number of amides is 2. The average molecular weight is 304 g/mol. The zero-order valence-electron chi connectivity index (χ0n) is 12.3. The van der Waals surface area contributed by atoms with Gasteiger partial charge in [-0.3, -0.25) is 9.59 Å². The normalized spacial score (nSPS) is 13.5. The van der Waals surface area contributed by atoms with E-state index in [-0.39, 0.29) is 11.8 Å². The molecule has 3 aromatic rings. The van der Waals surface area contributed by atoms with Gasteiger partial charge >= 0.3 is 0 Å². The molecule has 0 bridgehead atoms. The van der Waals surface area contributed by atoms with Crippen LogP contribution in [0, 0.1) is 6.92 Å². The Morgan fingerprint density at radius 3 is 1.91 bits per heavy atom. The lowest BCUT2D eigenvalue weighted by Gasteiger charge is -2.14. The van der Waals surface area contributed by atoms with Crippen LogP contribution in [0.4, 0.5) is 5.69 Å². The molecule has 0 saturated heterocycles. The van der Waals surface area contributed by atoms with E-state index in [0.717, 1.165) is 5.69 Å². The highest BCUT2D eigenvalue weighted by Gasteiger charge is 2.36. The van der Waals surface area contributed by atoms with Crippen molar-refractivity contribution in [1.82, 2.24) is 14.8 Å². The second kappa shape index (κ2) is 4.88. The van der Waals surface area contributed by atoms with Crippen LogP contribution in [0.3, 0.4) is 0 Å². The van der Waals surface area contributed by atoms with Crippen LogP contribution in [-0.4, -0.2) is 26.6 Å². The summed E-state index contributed by atoms with van der Waals surface area (Å²) in [5.74, 6) is 0.0827. The Bertz CT molecular complexity index is 893. The van der Waals surface area contributed by atoms with Crippen molar-refractivity contribution >= 4 is 17.5 Å². The molecule has 4 rings (SSSR count). The molecule has 0 saturated carbocycles. The number of anilines is 1. The molecule has 1 aliphatic heterocycles. The van der Waals surface area contributed by atoms with Gasteiger partial charge in [-0.25, -0.2) is 14.6 Å². The van der Waals surface area contributed by atoms with E-state index in [1.807, 2.05) is 6.92 Å². The maximum Gasteiger partial charge on any atom is 0.266 e. The van der Waals surface area contributed by atoms with Crippen LogP contribution >= 0.6 is 0 Å². The maximum absolute atomic E-state index is 12.4. The predicted octanol–water partition coefficient (Wildman–Crippen LogP) is 2.38. The first-order valence-electron chi connectivity index (χ1n) is 7.12. The van der Waals surface area contributed by atoms with Crippen LogP contribution < -0.4 is 4.90 Å². The average Bonchev–Trinajstić information content (AvgIpc) is 3.11. The van der Waals surface area contributed by atoms with Gasteiger partial charge < -0.3 is 0 Å². The Labute approximate surface area is 132 Å². The summed E-state index contributed by atoms with van der Waals surface area (Å²) in [4.78, 5) is 30.2. The quantitative estimate of drug-likeness (QED) is 0.682. The smallest absolute Gasteiger partial charge is 0.266 e. The minimum Gasteiger partial charge on any atom is -0.268 e. The van der Waals surface area contributed by atoms with E-state index in [2.05, 4.69) is 10.1 Å². The second-order valence-electron chi connectivity index (χ2n) is 5.24. The van der Waals surface area contributed by atoms with Crippen LogP contribution in [-0.2, 0) is 0 Å². The lowest BCUT2D eigenvalue weighted by molar-refractivity contribution is 0.0926.